The molecule has 88 valence electrons. The number of likely N-dealkylation sites (tertiary alicyclic amines) is 1. The topological polar surface area (TPSA) is 23.5 Å². The minimum absolute atomic E-state index is 0.000208. The molecule has 0 bridgehead atoms. The summed E-state index contributed by atoms with van der Waals surface area (Å²) in [4.78, 5) is 2.34. The molecule has 0 unspecified atom stereocenters. The van der Waals surface area contributed by atoms with E-state index in [1.54, 1.807) is 0 Å². The lowest BCUT2D eigenvalue weighted by molar-refractivity contribution is 0.114. The highest BCUT2D eigenvalue weighted by molar-refractivity contribution is 5.29. The van der Waals surface area contributed by atoms with Crippen molar-refractivity contribution >= 4 is 0 Å². The zero-order valence-electron chi connectivity index (χ0n) is 10.2. The number of aryl methyl sites for hydroxylation is 1. The van der Waals surface area contributed by atoms with Gasteiger partial charge in [-0.2, -0.15) is 0 Å². The maximum atomic E-state index is 9.73. The van der Waals surface area contributed by atoms with E-state index in [9.17, 15) is 5.11 Å². The SMILES string of the molecule is Cc1ccc(C2(CO)CCN(C)CC2)cc1. The molecule has 1 aliphatic rings. The Hall–Kier alpha value is -0.860. The van der Waals surface area contributed by atoms with Crippen molar-refractivity contribution in [3.63, 3.8) is 0 Å². The van der Waals surface area contributed by atoms with Crippen LogP contribution in [0, 0.1) is 6.92 Å². The molecule has 0 saturated carbocycles. The number of hydrogen-bond acceptors (Lipinski definition) is 2. The van der Waals surface area contributed by atoms with Gasteiger partial charge in [-0.1, -0.05) is 29.8 Å². The predicted octanol–water partition coefficient (Wildman–Crippen LogP) is 1.95. The van der Waals surface area contributed by atoms with Gasteiger partial charge in [0.1, 0.15) is 0 Å². The van der Waals surface area contributed by atoms with E-state index < -0.39 is 0 Å². The molecule has 1 fully saturated rings. The highest BCUT2D eigenvalue weighted by atomic mass is 16.3. The maximum absolute atomic E-state index is 9.73. The van der Waals surface area contributed by atoms with Crippen LogP contribution in [0.3, 0.4) is 0 Å². The zero-order chi connectivity index (χ0) is 11.6. The Morgan fingerprint density at radius 2 is 1.75 bits per heavy atom. The molecule has 1 saturated heterocycles. The molecule has 0 radical (unpaired) electrons. The Morgan fingerprint density at radius 3 is 2.25 bits per heavy atom. The Labute approximate surface area is 97.9 Å². The van der Waals surface area contributed by atoms with Gasteiger partial charge in [0.15, 0.2) is 0 Å². The van der Waals surface area contributed by atoms with E-state index in [2.05, 4.69) is 43.1 Å². The summed E-state index contributed by atoms with van der Waals surface area (Å²) in [7, 11) is 2.15. The second-order valence-electron chi connectivity index (χ2n) is 5.11. The van der Waals surface area contributed by atoms with Gasteiger partial charge in [0.05, 0.1) is 6.61 Å². The number of rotatable bonds is 2. The molecular formula is C14H21NO. The Balaban J connectivity index is 2.24. The van der Waals surface area contributed by atoms with E-state index in [0.717, 1.165) is 25.9 Å². The zero-order valence-corrected chi connectivity index (χ0v) is 10.2. The average molecular weight is 219 g/mol. The molecule has 0 spiro atoms. The van der Waals surface area contributed by atoms with Gasteiger partial charge in [0.2, 0.25) is 0 Å². The summed E-state index contributed by atoms with van der Waals surface area (Å²) < 4.78 is 0. The fourth-order valence-corrected chi connectivity index (χ4v) is 2.49. The van der Waals surface area contributed by atoms with E-state index in [4.69, 9.17) is 0 Å². The number of piperidine rings is 1. The van der Waals surface area contributed by atoms with Crippen LogP contribution < -0.4 is 0 Å². The van der Waals surface area contributed by atoms with Gasteiger partial charge >= 0.3 is 0 Å². The molecule has 1 aliphatic heterocycles. The summed E-state index contributed by atoms with van der Waals surface area (Å²) in [5, 5.41) is 9.73. The van der Waals surface area contributed by atoms with Crippen molar-refractivity contribution in [3.05, 3.63) is 35.4 Å². The van der Waals surface area contributed by atoms with Gasteiger partial charge in [-0.25, -0.2) is 0 Å². The fourth-order valence-electron chi connectivity index (χ4n) is 2.49. The number of benzene rings is 1. The molecule has 0 amide bonds. The standard InChI is InChI=1S/C14H21NO/c1-12-3-5-13(6-4-12)14(11-16)7-9-15(2)10-8-14/h3-6,16H,7-11H2,1-2H3. The van der Waals surface area contributed by atoms with Crippen LogP contribution in [0.5, 0.6) is 0 Å². The van der Waals surface area contributed by atoms with Gasteiger partial charge in [0, 0.05) is 5.41 Å². The summed E-state index contributed by atoms with van der Waals surface area (Å²) in [6.07, 6.45) is 2.12. The third kappa shape index (κ3) is 2.13. The molecule has 2 heteroatoms. The second-order valence-corrected chi connectivity index (χ2v) is 5.11. The van der Waals surface area contributed by atoms with Crippen molar-refractivity contribution in [2.45, 2.75) is 25.2 Å². The summed E-state index contributed by atoms with van der Waals surface area (Å²) in [6, 6.07) is 8.64. The van der Waals surface area contributed by atoms with Crippen molar-refractivity contribution < 1.29 is 5.11 Å². The van der Waals surface area contributed by atoms with E-state index >= 15 is 0 Å². The summed E-state index contributed by atoms with van der Waals surface area (Å²) in [5.41, 5.74) is 2.58. The number of hydrogen-bond donors (Lipinski definition) is 1. The maximum Gasteiger partial charge on any atom is 0.0528 e. The first-order chi connectivity index (χ1) is 7.66. The first-order valence-corrected chi connectivity index (χ1v) is 6.03. The third-order valence-corrected chi connectivity index (χ3v) is 3.91. The summed E-state index contributed by atoms with van der Waals surface area (Å²) in [6.45, 7) is 4.52. The monoisotopic (exact) mass is 219 g/mol. The molecule has 0 aliphatic carbocycles. The van der Waals surface area contributed by atoms with Crippen molar-refractivity contribution in [1.29, 1.82) is 0 Å². The van der Waals surface area contributed by atoms with Crippen LogP contribution in [0.1, 0.15) is 24.0 Å². The molecule has 1 aromatic rings. The van der Waals surface area contributed by atoms with E-state index in [1.807, 2.05) is 0 Å². The molecule has 2 nitrogen and oxygen atoms in total. The smallest absolute Gasteiger partial charge is 0.0528 e. The molecule has 1 aromatic carbocycles. The number of nitrogens with zero attached hydrogens (tertiary/aromatic N) is 1. The van der Waals surface area contributed by atoms with Crippen LogP contribution in [-0.4, -0.2) is 36.8 Å². The lowest BCUT2D eigenvalue weighted by Gasteiger charge is -2.40. The molecule has 2 rings (SSSR count). The van der Waals surface area contributed by atoms with Gasteiger partial charge in [-0.3, -0.25) is 0 Å². The Bertz CT molecular complexity index is 336. The summed E-state index contributed by atoms with van der Waals surface area (Å²) in [5.74, 6) is 0. The van der Waals surface area contributed by atoms with Gasteiger partial charge < -0.3 is 10.0 Å². The van der Waals surface area contributed by atoms with Crippen molar-refractivity contribution in [3.8, 4) is 0 Å². The average Bonchev–Trinajstić information content (AvgIpc) is 2.32. The largest absolute Gasteiger partial charge is 0.395 e. The molecule has 1 heterocycles. The first-order valence-electron chi connectivity index (χ1n) is 6.03. The van der Waals surface area contributed by atoms with Crippen LogP contribution >= 0.6 is 0 Å². The normalized spacial score (nSPS) is 20.9. The van der Waals surface area contributed by atoms with E-state index in [1.165, 1.54) is 11.1 Å². The van der Waals surface area contributed by atoms with E-state index in [-0.39, 0.29) is 12.0 Å². The first kappa shape index (κ1) is 11.6. The number of aliphatic hydroxyl groups is 1. The molecular weight excluding hydrogens is 198 g/mol. The summed E-state index contributed by atoms with van der Waals surface area (Å²) >= 11 is 0. The molecule has 16 heavy (non-hydrogen) atoms. The Kier molecular flexibility index (Phi) is 3.31. The highest BCUT2D eigenvalue weighted by Gasteiger charge is 2.34. The van der Waals surface area contributed by atoms with Gasteiger partial charge in [-0.15, -0.1) is 0 Å². The van der Waals surface area contributed by atoms with Crippen LogP contribution in [0.2, 0.25) is 0 Å². The predicted molar refractivity (Wildman–Crippen MR) is 66.7 cm³/mol. The van der Waals surface area contributed by atoms with Crippen LogP contribution in [0.25, 0.3) is 0 Å². The number of aliphatic hydroxyl groups excluding tert-OH is 1. The third-order valence-electron chi connectivity index (χ3n) is 3.91. The van der Waals surface area contributed by atoms with Gasteiger partial charge in [-0.05, 0) is 45.5 Å². The van der Waals surface area contributed by atoms with Crippen molar-refractivity contribution in [2.24, 2.45) is 0 Å². The van der Waals surface area contributed by atoms with Crippen LogP contribution in [0.15, 0.2) is 24.3 Å². The molecule has 1 N–H and O–H groups in total. The fraction of sp³-hybridized carbons (Fsp3) is 0.571. The Morgan fingerprint density at radius 1 is 1.19 bits per heavy atom. The quantitative estimate of drug-likeness (QED) is 0.822. The molecule has 0 atom stereocenters. The minimum Gasteiger partial charge on any atom is -0.395 e. The lowest BCUT2D eigenvalue weighted by atomic mass is 9.73. The second kappa shape index (κ2) is 4.56. The highest BCUT2D eigenvalue weighted by Crippen LogP contribution is 2.34. The minimum atomic E-state index is 0.000208. The van der Waals surface area contributed by atoms with Crippen molar-refractivity contribution in [1.82, 2.24) is 4.90 Å². The van der Waals surface area contributed by atoms with Crippen LogP contribution in [-0.2, 0) is 5.41 Å². The van der Waals surface area contributed by atoms with Gasteiger partial charge in [0.25, 0.3) is 0 Å². The van der Waals surface area contributed by atoms with E-state index in [0.29, 0.717) is 0 Å². The lowest BCUT2D eigenvalue weighted by Crippen LogP contribution is -2.43. The molecule has 0 aromatic heterocycles. The van der Waals surface area contributed by atoms with Crippen molar-refractivity contribution in [2.75, 3.05) is 26.7 Å². The van der Waals surface area contributed by atoms with Crippen LogP contribution in [0.4, 0.5) is 0 Å².